The molecular formula is C15H19N3. The van der Waals surface area contributed by atoms with Crippen molar-refractivity contribution in [3.05, 3.63) is 53.7 Å². The number of aromatic nitrogens is 1. The number of hydrogen-bond acceptors (Lipinski definition) is 3. The van der Waals surface area contributed by atoms with Gasteiger partial charge in [-0.15, -0.1) is 0 Å². The van der Waals surface area contributed by atoms with Gasteiger partial charge in [0.25, 0.3) is 0 Å². The van der Waals surface area contributed by atoms with Crippen molar-refractivity contribution >= 4 is 11.5 Å². The average molecular weight is 241 g/mol. The fraction of sp³-hybridized carbons (Fsp3) is 0.267. The van der Waals surface area contributed by atoms with Gasteiger partial charge in [-0.3, -0.25) is 0 Å². The van der Waals surface area contributed by atoms with Gasteiger partial charge in [0, 0.05) is 11.9 Å². The van der Waals surface area contributed by atoms with Crippen LogP contribution in [0.3, 0.4) is 0 Å². The molecular weight excluding hydrogens is 222 g/mol. The van der Waals surface area contributed by atoms with Crippen molar-refractivity contribution in [1.82, 2.24) is 4.98 Å². The van der Waals surface area contributed by atoms with E-state index < -0.39 is 0 Å². The monoisotopic (exact) mass is 241 g/mol. The van der Waals surface area contributed by atoms with Crippen molar-refractivity contribution in [2.75, 3.05) is 11.9 Å². The molecule has 0 radical (unpaired) electrons. The van der Waals surface area contributed by atoms with Crippen molar-refractivity contribution in [3.63, 3.8) is 0 Å². The standard InChI is InChI=1S/C15H19N3/c1-12-7-8-15(17-11-12)18-14-6-2-4-13(10-14)5-3-9-16/h2,4,6-8,10-11H,3,5,9,16H2,1H3,(H,17,18). The van der Waals surface area contributed by atoms with Crippen LogP contribution >= 0.6 is 0 Å². The summed E-state index contributed by atoms with van der Waals surface area (Å²) in [5.41, 5.74) is 9.06. The summed E-state index contributed by atoms with van der Waals surface area (Å²) in [7, 11) is 0. The van der Waals surface area contributed by atoms with Gasteiger partial charge in [-0.2, -0.15) is 0 Å². The van der Waals surface area contributed by atoms with Gasteiger partial charge < -0.3 is 11.1 Å². The molecule has 94 valence electrons. The minimum atomic E-state index is 0.733. The van der Waals surface area contributed by atoms with Crippen LogP contribution in [0.15, 0.2) is 42.6 Å². The van der Waals surface area contributed by atoms with Crippen LogP contribution in [0.1, 0.15) is 17.5 Å². The molecule has 2 aromatic rings. The van der Waals surface area contributed by atoms with Crippen molar-refractivity contribution < 1.29 is 0 Å². The highest BCUT2D eigenvalue weighted by molar-refractivity contribution is 5.56. The van der Waals surface area contributed by atoms with Crippen molar-refractivity contribution in [3.8, 4) is 0 Å². The quantitative estimate of drug-likeness (QED) is 0.846. The molecule has 0 fully saturated rings. The van der Waals surface area contributed by atoms with E-state index in [2.05, 4.69) is 28.5 Å². The zero-order valence-corrected chi connectivity index (χ0v) is 10.7. The summed E-state index contributed by atoms with van der Waals surface area (Å²) in [6.45, 7) is 2.77. The summed E-state index contributed by atoms with van der Waals surface area (Å²) in [6, 6.07) is 12.4. The van der Waals surface area contributed by atoms with E-state index in [0.717, 1.165) is 36.5 Å². The predicted octanol–water partition coefficient (Wildman–Crippen LogP) is 3.02. The van der Waals surface area contributed by atoms with Crippen LogP contribution in [0.2, 0.25) is 0 Å². The summed E-state index contributed by atoms with van der Waals surface area (Å²) < 4.78 is 0. The molecule has 0 aliphatic carbocycles. The second-order valence-corrected chi connectivity index (χ2v) is 4.44. The lowest BCUT2D eigenvalue weighted by atomic mass is 10.1. The molecule has 3 nitrogen and oxygen atoms in total. The Bertz CT molecular complexity index is 491. The summed E-state index contributed by atoms with van der Waals surface area (Å²) in [6.07, 6.45) is 3.90. The third-order valence-corrected chi connectivity index (χ3v) is 2.78. The zero-order valence-electron chi connectivity index (χ0n) is 10.7. The van der Waals surface area contributed by atoms with Crippen molar-refractivity contribution in [2.45, 2.75) is 19.8 Å². The normalized spacial score (nSPS) is 10.3. The summed E-state index contributed by atoms with van der Waals surface area (Å²) in [5, 5.41) is 3.31. The lowest BCUT2D eigenvalue weighted by Gasteiger charge is -2.07. The number of aryl methyl sites for hydroxylation is 2. The SMILES string of the molecule is Cc1ccc(Nc2cccc(CCCN)c2)nc1. The maximum atomic E-state index is 5.53. The van der Waals surface area contributed by atoms with Gasteiger partial charge in [0.1, 0.15) is 5.82 Å². The maximum absolute atomic E-state index is 5.53. The van der Waals surface area contributed by atoms with E-state index in [0.29, 0.717) is 0 Å². The fourth-order valence-electron chi connectivity index (χ4n) is 1.80. The number of nitrogens with two attached hydrogens (primary N) is 1. The van der Waals surface area contributed by atoms with Gasteiger partial charge in [-0.1, -0.05) is 18.2 Å². The number of hydrogen-bond donors (Lipinski definition) is 2. The topological polar surface area (TPSA) is 50.9 Å². The second kappa shape index (κ2) is 6.17. The molecule has 0 spiro atoms. The van der Waals surface area contributed by atoms with E-state index in [1.54, 1.807) is 0 Å². The molecule has 3 heteroatoms. The highest BCUT2D eigenvalue weighted by Crippen LogP contribution is 2.16. The van der Waals surface area contributed by atoms with Crippen LogP contribution in [0, 0.1) is 6.92 Å². The van der Waals surface area contributed by atoms with Crippen LogP contribution in [0.25, 0.3) is 0 Å². The van der Waals surface area contributed by atoms with Crippen LogP contribution in [-0.4, -0.2) is 11.5 Å². The molecule has 0 saturated carbocycles. The number of pyridine rings is 1. The van der Waals surface area contributed by atoms with E-state index in [-0.39, 0.29) is 0 Å². The lowest BCUT2D eigenvalue weighted by molar-refractivity contribution is 0.833. The van der Waals surface area contributed by atoms with Crippen LogP contribution in [-0.2, 0) is 6.42 Å². The lowest BCUT2D eigenvalue weighted by Crippen LogP contribution is -2.00. The summed E-state index contributed by atoms with van der Waals surface area (Å²) in [5.74, 6) is 0.872. The molecule has 1 aromatic heterocycles. The third kappa shape index (κ3) is 3.57. The Kier molecular flexibility index (Phi) is 4.31. The van der Waals surface area contributed by atoms with E-state index in [1.807, 2.05) is 31.3 Å². The molecule has 1 aromatic carbocycles. The number of rotatable bonds is 5. The summed E-state index contributed by atoms with van der Waals surface area (Å²) >= 11 is 0. The molecule has 0 saturated heterocycles. The fourth-order valence-corrected chi connectivity index (χ4v) is 1.80. The number of nitrogens with zero attached hydrogens (tertiary/aromatic N) is 1. The van der Waals surface area contributed by atoms with Crippen molar-refractivity contribution in [1.29, 1.82) is 0 Å². The van der Waals surface area contributed by atoms with Gasteiger partial charge in [0.05, 0.1) is 0 Å². The number of nitrogens with one attached hydrogen (secondary N) is 1. The Morgan fingerprint density at radius 1 is 1.22 bits per heavy atom. The third-order valence-electron chi connectivity index (χ3n) is 2.78. The van der Waals surface area contributed by atoms with Crippen LogP contribution in [0.4, 0.5) is 11.5 Å². The highest BCUT2D eigenvalue weighted by Gasteiger charge is 1.98. The summed E-state index contributed by atoms with van der Waals surface area (Å²) in [4.78, 5) is 4.33. The average Bonchev–Trinajstić information content (AvgIpc) is 2.40. The van der Waals surface area contributed by atoms with Gasteiger partial charge in [0.15, 0.2) is 0 Å². The Labute approximate surface area is 108 Å². The van der Waals surface area contributed by atoms with E-state index in [9.17, 15) is 0 Å². The molecule has 0 atom stereocenters. The van der Waals surface area contributed by atoms with Gasteiger partial charge >= 0.3 is 0 Å². The van der Waals surface area contributed by atoms with Gasteiger partial charge in [-0.25, -0.2) is 4.98 Å². The Balaban J connectivity index is 2.06. The largest absolute Gasteiger partial charge is 0.340 e. The molecule has 0 amide bonds. The molecule has 18 heavy (non-hydrogen) atoms. The molecule has 1 heterocycles. The van der Waals surface area contributed by atoms with E-state index in [4.69, 9.17) is 5.73 Å². The van der Waals surface area contributed by atoms with Crippen LogP contribution < -0.4 is 11.1 Å². The van der Waals surface area contributed by atoms with Crippen LogP contribution in [0.5, 0.6) is 0 Å². The number of anilines is 2. The van der Waals surface area contributed by atoms with Gasteiger partial charge in [0.2, 0.25) is 0 Å². The Morgan fingerprint density at radius 2 is 2.11 bits per heavy atom. The molecule has 0 aliphatic heterocycles. The first-order valence-electron chi connectivity index (χ1n) is 6.26. The minimum absolute atomic E-state index is 0.733. The minimum Gasteiger partial charge on any atom is -0.340 e. The first-order valence-corrected chi connectivity index (χ1v) is 6.26. The van der Waals surface area contributed by atoms with E-state index in [1.165, 1.54) is 5.56 Å². The Morgan fingerprint density at radius 3 is 2.83 bits per heavy atom. The van der Waals surface area contributed by atoms with Gasteiger partial charge in [-0.05, 0) is 55.6 Å². The highest BCUT2D eigenvalue weighted by atomic mass is 15.0. The molecule has 0 aliphatic rings. The first kappa shape index (κ1) is 12.6. The molecule has 3 N–H and O–H groups in total. The zero-order chi connectivity index (χ0) is 12.8. The molecule has 0 bridgehead atoms. The molecule has 2 rings (SSSR count). The first-order chi connectivity index (χ1) is 8.78. The predicted molar refractivity (Wildman–Crippen MR) is 76.1 cm³/mol. The van der Waals surface area contributed by atoms with E-state index >= 15 is 0 Å². The second-order valence-electron chi connectivity index (χ2n) is 4.44. The maximum Gasteiger partial charge on any atom is 0.130 e. The smallest absolute Gasteiger partial charge is 0.130 e. The number of benzene rings is 1. The molecule has 0 unspecified atom stereocenters. The Hall–Kier alpha value is -1.87. The van der Waals surface area contributed by atoms with Crippen molar-refractivity contribution in [2.24, 2.45) is 5.73 Å².